The third-order valence-corrected chi connectivity index (χ3v) is 6.16. The average molecular weight is 394 g/mol. The topological polar surface area (TPSA) is 46.1 Å². The van der Waals surface area contributed by atoms with E-state index in [1.165, 1.54) is 5.56 Å². The van der Waals surface area contributed by atoms with Gasteiger partial charge in [-0.15, -0.1) is 11.3 Å². The van der Waals surface area contributed by atoms with Gasteiger partial charge in [-0.3, -0.25) is 9.69 Å². The van der Waals surface area contributed by atoms with Gasteiger partial charge in [-0.1, -0.05) is 53.8 Å². The summed E-state index contributed by atoms with van der Waals surface area (Å²) in [6.07, 6.45) is 1.09. The van der Waals surface area contributed by atoms with Crippen molar-refractivity contribution in [2.75, 3.05) is 11.4 Å². The fraction of sp³-hybridized carbons (Fsp3) is 0.190. The normalized spacial score (nSPS) is 11.0. The molecule has 0 radical (unpaired) electrons. The molecule has 0 unspecified atom stereocenters. The predicted molar refractivity (Wildman–Crippen MR) is 113 cm³/mol. The molecule has 4 aromatic rings. The van der Waals surface area contributed by atoms with Gasteiger partial charge in [-0.05, 0) is 31.0 Å². The molecule has 4 rings (SSSR count). The highest BCUT2D eigenvalue weighted by atomic mass is 32.1. The van der Waals surface area contributed by atoms with Crippen LogP contribution < -0.4 is 4.90 Å². The molecular weight excluding hydrogens is 374 g/mol. The molecule has 6 heteroatoms. The molecule has 0 saturated carbocycles. The maximum Gasteiger partial charge on any atom is 0.234 e. The van der Waals surface area contributed by atoms with E-state index in [1.54, 1.807) is 22.7 Å². The van der Waals surface area contributed by atoms with Gasteiger partial charge in [0.25, 0.3) is 0 Å². The number of hydrogen-bond donors (Lipinski definition) is 0. The summed E-state index contributed by atoms with van der Waals surface area (Å²) in [7, 11) is 0. The molecule has 2 aromatic heterocycles. The van der Waals surface area contributed by atoms with Gasteiger partial charge in [0.15, 0.2) is 5.13 Å². The minimum Gasteiger partial charge on any atom is -0.287 e. The molecule has 0 aliphatic heterocycles. The second-order valence-corrected chi connectivity index (χ2v) is 8.35. The fourth-order valence-corrected chi connectivity index (χ4v) is 4.55. The summed E-state index contributed by atoms with van der Waals surface area (Å²) < 4.78 is 1.09. The molecule has 0 fully saturated rings. The van der Waals surface area contributed by atoms with Crippen molar-refractivity contribution >= 4 is 43.9 Å². The minimum absolute atomic E-state index is 0.0373. The molecule has 0 aliphatic rings. The van der Waals surface area contributed by atoms with Crippen molar-refractivity contribution in [1.82, 2.24) is 9.97 Å². The Balaban J connectivity index is 1.60. The monoisotopic (exact) mass is 393 g/mol. The van der Waals surface area contributed by atoms with Crippen molar-refractivity contribution in [3.8, 4) is 0 Å². The van der Waals surface area contributed by atoms with E-state index in [0.717, 1.165) is 32.5 Å². The number of aryl methyl sites for hydroxylation is 1. The molecule has 27 heavy (non-hydrogen) atoms. The van der Waals surface area contributed by atoms with Crippen molar-refractivity contribution in [1.29, 1.82) is 0 Å². The molecular formula is C21H19N3OS2. The molecule has 2 heterocycles. The Morgan fingerprint density at radius 2 is 1.81 bits per heavy atom. The van der Waals surface area contributed by atoms with Gasteiger partial charge in [0.2, 0.25) is 5.91 Å². The summed E-state index contributed by atoms with van der Waals surface area (Å²) in [6.45, 7) is 2.56. The number of carbonyl (C=O) groups excluding carboxylic acids is 1. The second kappa shape index (κ2) is 7.98. The number of para-hydroxylation sites is 1. The third-order valence-electron chi connectivity index (χ3n) is 4.28. The number of anilines is 1. The van der Waals surface area contributed by atoms with Crippen LogP contribution in [-0.2, 0) is 17.6 Å². The quantitative estimate of drug-likeness (QED) is 0.469. The highest BCUT2D eigenvalue weighted by Gasteiger charge is 2.20. The van der Waals surface area contributed by atoms with Crippen LogP contribution in [0.15, 0.2) is 60.0 Å². The zero-order valence-corrected chi connectivity index (χ0v) is 16.6. The lowest BCUT2D eigenvalue weighted by Crippen LogP contribution is -2.34. The number of thiazole rings is 2. The Hall–Kier alpha value is -2.57. The van der Waals surface area contributed by atoms with Crippen LogP contribution >= 0.6 is 22.7 Å². The van der Waals surface area contributed by atoms with Crippen LogP contribution in [0.1, 0.15) is 16.3 Å². The number of aromatic nitrogens is 2. The summed E-state index contributed by atoms with van der Waals surface area (Å²) in [5.41, 5.74) is 2.97. The van der Waals surface area contributed by atoms with Gasteiger partial charge in [-0.2, -0.15) is 0 Å². The molecule has 4 nitrogen and oxygen atoms in total. The lowest BCUT2D eigenvalue weighted by molar-refractivity contribution is -0.118. The SMILES string of the molecule is Cc1nc(CC(=O)N(CCc2ccccc2)c2nc3ccccc3s2)cs1. The Morgan fingerprint density at radius 1 is 1.04 bits per heavy atom. The van der Waals surface area contributed by atoms with Crippen LogP contribution in [0.3, 0.4) is 0 Å². The molecule has 0 aliphatic carbocycles. The van der Waals surface area contributed by atoms with Crippen LogP contribution in [0.5, 0.6) is 0 Å². The number of carbonyl (C=O) groups is 1. The van der Waals surface area contributed by atoms with Crippen LogP contribution in [0.2, 0.25) is 0 Å². The summed E-state index contributed by atoms with van der Waals surface area (Å²) >= 11 is 3.13. The van der Waals surface area contributed by atoms with Gasteiger partial charge < -0.3 is 0 Å². The number of amides is 1. The Morgan fingerprint density at radius 3 is 2.56 bits per heavy atom. The van der Waals surface area contributed by atoms with Gasteiger partial charge >= 0.3 is 0 Å². The zero-order valence-electron chi connectivity index (χ0n) is 15.0. The lowest BCUT2D eigenvalue weighted by Gasteiger charge is -2.19. The van der Waals surface area contributed by atoms with Gasteiger partial charge in [0.05, 0.1) is 27.3 Å². The van der Waals surface area contributed by atoms with E-state index in [-0.39, 0.29) is 5.91 Å². The fourth-order valence-electron chi connectivity index (χ4n) is 2.93. The van der Waals surface area contributed by atoms with Gasteiger partial charge in [0.1, 0.15) is 0 Å². The zero-order chi connectivity index (χ0) is 18.6. The smallest absolute Gasteiger partial charge is 0.234 e. The first kappa shape index (κ1) is 17.8. The van der Waals surface area contributed by atoms with E-state index in [1.807, 2.05) is 59.7 Å². The van der Waals surface area contributed by atoms with E-state index < -0.39 is 0 Å². The molecule has 1 amide bonds. The van der Waals surface area contributed by atoms with Crippen molar-refractivity contribution in [3.63, 3.8) is 0 Å². The van der Waals surface area contributed by atoms with Crippen molar-refractivity contribution in [3.05, 3.63) is 76.2 Å². The van der Waals surface area contributed by atoms with Crippen molar-refractivity contribution in [2.45, 2.75) is 19.8 Å². The predicted octanol–water partition coefficient (Wildman–Crippen LogP) is 4.88. The molecule has 0 saturated heterocycles. The van der Waals surface area contributed by atoms with Crippen LogP contribution in [0, 0.1) is 6.92 Å². The van der Waals surface area contributed by atoms with Gasteiger partial charge in [-0.25, -0.2) is 9.97 Å². The maximum absolute atomic E-state index is 13.1. The highest BCUT2D eigenvalue weighted by molar-refractivity contribution is 7.22. The van der Waals surface area contributed by atoms with Crippen molar-refractivity contribution in [2.24, 2.45) is 0 Å². The largest absolute Gasteiger partial charge is 0.287 e. The molecule has 136 valence electrons. The first-order valence-electron chi connectivity index (χ1n) is 8.80. The molecule has 0 bridgehead atoms. The minimum atomic E-state index is 0.0373. The van der Waals surface area contributed by atoms with E-state index in [0.29, 0.717) is 13.0 Å². The summed E-state index contributed by atoms with van der Waals surface area (Å²) in [4.78, 5) is 24.0. The maximum atomic E-state index is 13.1. The molecule has 0 N–H and O–H groups in total. The first-order valence-corrected chi connectivity index (χ1v) is 10.5. The van der Waals surface area contributed by atoms with Crippen LogP contribution in [-0.4, -0.2) is 22.4 Å². The number of hydrogen-bond acceptors (Lipinski definition) is 5. The molecule has 0 atom stereocenters. The van der Waals surface area contributed by atoms with E-state index >= 15 is 0 Å². The summed E-state index contributed by atoms with van der Waals surface area (Å²) in [6, 6.07) is 18.2. The Kier molecular flexibility index (Phi) is 5.27. The van der Waals surface area contributed by atoms with Crippen LogP contribution in [0.4, 0.5) is 5.13 Å². The number of fused-ring (bicyclic) bond motifs is 1. The standard InChI is InChI=1S/C21H19N3OS2/c1-15-22-17(14-26-15)13-20(25)24(12-11-16-7-3-2-4-8-16)21-23-18-9-5-6-10-19(18)27-21/h2-10,14H,11-13H2,1H3. The summed E-state index contributed by atoms with van der Waals surface area (Å²) in [5, 5.41) is 3.69. The number of rotatable bonds is 6. The third kappa shape index (κ3) is 4.23. The van der Waals surface area contributed by atoms with Crippen molar-refractivity contribution < 1.29 is 4.79 Å². The lowest BCUT2D eigenvalue weighted by atomic mass is 10.1. The van der Waals surface area contributed by atoms with Crippen LogP contribution in [0.25, 0.3) is 10.2 Å². The Labute approximate surface area is 166 Å². The average Bonchev–Trinajstić information content (AvgIpc) is 3.28. The van der Waals surface area contributed by atoms with E-state index in [2.05, 4.69) is 17.1 Å². The Bertz CT molecular complexity index is 1020. The first-order chi connectivity index (χ1) is 13.2. The van der Waals surface area contributed by atoms with E-state index in [9.17, 15) is 4.79 Å². The highest BCUT2D eigenvalue weighted by Crippen LogP contribution is 2.29. The number of benzene rings is 2. The molecule has 2 aromatic carbocycles. The number of nitrogens with zero attached hydrogens (tertiary/aromatic N) is 3. The summed E-state index contributed by atoms with van der Waals surface area (Å²) in [5.74, 6) is 0.0373. The van der Waals surface area contributed by atoms with Gasteiger partial charge in [0, 0.05) is 11.9 Å². The van der Waals surface area contributed by atoms with E-state index in [4.69, 9.17) is 4.98 Å². The second-order valence-electron chi connectivity index (χ2n) is 6.28. The molecule has 0 spiro atoms.